The Labute approximate surface area is 145 Å². The van der Waals surface area contributed by atoms with Gasteiger partial charge in [-0.05, 0) is 81.6 Å². The van der Waals surface area contributed by atoms with E-state index in [4.69, 9.17) is 0 Å². The Morgan fingerprint density at radius 1 is 1.00 bits per heavy atom. The van der Waals surface area contributed by atoms with Gasteiger partial charge in [-0.15, -0.1) is 0 Å². The molecular weight excluding hydrogens is 294 g/mol. The highest BCUT2D eigenvalue weighted by molar-refractivity contribution is 5.84. The van der Waals surface area contributed by atoms with Gasteiger partial charge in [-0.1, -0.05) is 29.8 Å². The van der Waals surface area contributed by atoms with Crippen molar-refractivity contribution in [3.05, 3.63) is 35.4 Å². The summed E-state index contributed by atoms with van der Waals surface area (Å²) in [4.78, 5) is 16.0. The van der Waals surface area contributed by atoms with Crippen molar-refractivity contribution in [3.63, 3.8) is 0 Å². The van der Waals surface area contributed by atoms with Crippen molar-refractivity contribution < 1.29 is 4.79 Å². The normalized spacial score (nSPS) is 40.3. The van der Waals surface area contributed by atoms with Crippen LogP contribution in [0.3, 0.4) is 0 Å². The Bertz CT molecular complexity index is 611. The predicted octanol–water partition coefficient (Wildman–Crippen LogP) is 4.87. The first-order valence-corrected chi connectivity index (χ1v) is 10.0. The fourth-order valence-corrected chi connectivity index (χ4v) is 6.82. The SMILES string of the molecule is Cc1ccc([C@H]2CCCN2C(=O)C23CC4CC(CC(C4)C2)C3)cc1. The van der Waals surface area contributed by atoms with Crippen LogP contribution in [0.5, 0.6) is 0 Å². The number of carbonyl (C=O) groups is 1. The van der Waals surface area contributed by atoms with Crippen molar-refractivity contribution >= 4 is 5.91 Å². The predicted molar refractivity (Wildman–Crippen MR) is 95.5 cm³/mol. The Hall–Kier alpha value is -1.31. The van der Waals surface area contributed by atoms with E-state index < -0.39 is 0 Å². The van der Waals surface area contributed by atoms with Gasteiger partial charge in [-0.2, -0.15) is 0 Å². The third-order valence-electron chi connectivity index (χ3n) is 7.47. The van der Waals surface area contributed by atoms with Crippen LogP contribution >= 0.6 is 0 Å². The molecule has 128 valence electrons. The van der Waals surface area contributed by atoms with E-state index in [0.717, 1.165) is 37.1 Å². The van der Waals surface area contributed by atoms with Crippen molar-refractivity contribution in [2.75, 3.05) is 6.54 Å². The fourth-order valence-electron chi connectivity index (χ4n) is 6.82. The Kier molecular flexibility index (Phi) is 3.34. The summed E-state index contributed by atoms with van der Waals surface area (Å²) in [7, 11) is 0. The molecule has 0 N–H and O–H groups in total. The third kappa shape index (κ3) is 2.25. The standard InChI is InChI=1S/C22H29NO/c1-15-4-6-19(7-5-15)20-3-2-8-23(20)21(24)22-12-16-9-17(13-22)11-18(10-16)14-22/h4-7,16-18,20H,2-3,8-14H2,1H3/t16?,17?,18?,20-,22?/m1/s1. The van der Waals surface area contributed by atoms with E-state index in [1.807, 2.05) is 0 Å². The molecule has 5 aliphatic rings. The van der Waals surface area contributed by atoms with Crippen molar-refractivity contribution in [1.82, 2.24) is 4.90 Å². The third-order valence-corrected chi connectivity index (χ3v) is 7.47. The van der Waals surface area contributed by atoms with Gasteiger partial charge in [0, 0.05) is 6.54 Å². The molecule has 6 rings (SSSR count). The highest BCUT2D eigenvalue weighted by Crippen LogP contribution is 2.61. The largest absolute Gasteiger partial charge is 0.335 e. The maximum Gasteiger partial charge on any atom is 0.229 e. The first-order valence-electron chi connectivity index (χ1n) is 10.0. The molecule has 24 heavy (non-hydrogen) atoms. The minimum absolute atomic E-state index is 0.0159. The number of rotatable bonds is 2. The second kappa shape index (κ2) is 5.34. The van der Waals surface area contributed by atoms with Crippen molar-refractivity contribution in [3.8, 4) is 0 Å². The number of benzene rings is 1. The Balaban J connectivity index is 1.43. The first kappa shape index (κ1) is 15.0. The summed E-state index contributed by atoms with van der Waals surface area (Å²) in [6, 6.07) is 9.20. The molecule has 1 heterocycles. The lowest BCUT2D eigenvalue weighted by atomic mass is 9.49. The summed E-state index contributed by atoms with van der Waals surface area (Å²) in [5, 5.41) is 0. The van der Waals surface area contributed by atoms with Gasteiger partial charge >= 0.3 is 0 Å². The summed E-state index contributed by atoms with van der Waals surface area (Å²) in [5.74, 6) is 3.06. The maximum absolute atomic E-state index is 13.7. The molecular formula is C22H29NO. The number of likely N-dealkylation sites (tertiary alicyclic amines) is 1. The van der Waals surface area contributed by atoms with E-state index in [2.05, 4.69) is 36.1 Å². The van der Waals surface area contributed by atoms with Gasteiger partial charge in [0.25, 0.3) is 0 Å². The molecule has 0 aromatic heterocycles. The van der Waals surface area contributed by atoms with E-state index in [0.29, 0.717) is 11.9 Å². The molecule has 1 saturated heterocycles. The second-order valence-electron chi connectivity index (χ2n) is 9.27. The molecule has 2 nitrogen and oxygen atoms in total. The molecule has 4 saturated carbocycles. The summed E-state index contributed by atoms with van der Waals surface area (Å²) < 4.78 is 0. The second-order valence-corrected chi connectivity index (χ2v) is 9.27. The molecule has 0 spiro atoms. The molecule has 2 heteroatoms. The van der Waals surface area contributed by atoms with E-state index in [1.54, 1.807) is 0 Å². The van der Waals surface area contributed by atoms with Crippen LogP contribution in [0.4, 0.5) is 0 Å². The molecule has 5 fully saturated rings. The van der Waals surface area contributed by atoms with Crippen LogP contribution in [0.15, 0.2) is 24.3 Å². The van der Waals surface area contributed by atoms with Crippen LogP contribution in [0.1, 0.15) is 68.5 Å². The number of amides is 1. The highest BCUT2D eigenvalue weighted by atomic mass is 16.2. The zero-order valence-corrected chi connectivity index (χ0v) is 14.8. The number of aryl methyl sites for hydroxylation is 1. The maximum atomic E-state index is 13.7. The van der Waals surface area contributed by atoms with Crippen molar-refractivity contribution in [1.29, 1.82) is 0 Å². The smallest absolute Gasteiger partial charge is 0.229 e. The molecule has 1 atom stereocenters. The lowest BCUT2D eigenvalue weighted by Crippen LogP contribution is -2.54. The number of hydrogen-bond acceptors (Lipinski definition) is 1. The fraction of sp³-hybridized carbons (Fsp3) is 0.682. The zero-order valence-electron chi connectivity index (χ0n) is 14.8. The van der Waals surface area contributed by atoms with E-state index >= 15 is 0 Å². The highest BCUT2D eigenvalue weighted by Gasteiger charge is 2.56. The molecule has 4 aliphatic carbocycles. The molecule has 1 amide bonds. The van der Waals surface area contributed by atoms with Gasteiger partial charge < -0.3 is 4.90 Å². The monoisotopic (exact) mass is 323 g/mol. The first-order chi connectivity index (χ1) is 11.6. The topological polar surface area (TPSA) is 20.3 Å². The van der Waals surface area contributed by atoms with Crippen LogP contribution < -0.4 is 0 Å². The van der Waals surface area contributed by atoms with Crippen LogP contribution in [-0.4, -0.2) is 17.4 Å². The van der Waals surface area contributed by atoms with Crippen LogP contribution in [-0.2, 0) is 4.79 Å². The number of nitrogens with zero attached hydrogens (tertiary/aromatic N) is 1. The Morgan fingerprint density at radius 2 is 1.58 bits per heavy atom. The van der Waals surface area contributed by atoms with Crippen molar-refractivity contribution in [2.24, 2.45) is 23.2 Å². The van der Waals surface area contributed by atoms with Gasteiger partial charge in [0.15, 0.2) is 0 Å². The average Bonchev–Trinajstić information content (AvgIpc) is 3.03. The van der Waals surface area contributed by atoms with E-state index in [1.165, 1.54) is 49.7 Å². The van der Waals surface area contributed by atoms with Gasteiger partial charge in [0.2, 0.25) is 5.91 Å². The Morgan fingerprint density at radius 3 is 2.17 bits per heavy atom. The van der Waals surface area contributed by atoms with E-state index in [9.17, 15) is 4.79 Å². The van der Waals surface area contributed by atoms with E-state index in [-0.39, 0.29) is 5.41 Å². The van der Waals surface area contributed by atoms with Gasteiger partial charge in [-0.3, -0.25) is 4.79 Å². The molecule has 0 unspecified atom stereocenters. The van der Waals surface area contributed by atoms with Crippen LogP contribution in [0.25, 0.3) is 0 Å². The summed E-state index contributed by atoms with van der Waals surface area (Å²) in [5.41, 5.74) is 2.66. The lowest BCUT2D eigenvalue weighted by molar-refractivity contribution is -0.158. The lowest BCUT2D eigenvalue weighted by Gasteiger charge is -2.56. The van der Waals surface area contributed by atoms with Crippen LogP contribution in [0, 0.1) is 30.1 Å². The minimum atomic E-state index is 0.0159. The number of hydrogen-bond donors (Lipinski definition) is 0. The van der Waals surface area contributed by atoms with Crippen molar-refractivity contribution in [2.45, 2.75) is 64.3 Å². The minimum Gasteiger partial charge on any atom is -0.335 e. The van der Waals surface area contributed by atoms with Crippen LogP contribution in [0.2, 0.25) is 0 Å². The summed E-state index contributed by atoms with van der Waals surface area (Å²) in [6.07, 6.45) is 10.1. The van der Waals surface area contributed by atoms with Gasteiger partial charge in [-0.25, -0.2) is 0 Å². The molecule has 1 aliphatic heterocycles. The molecule has 4 bridgehead atoms. The molecule has 1 aromatic carbocycles. The summed E-state index contributed by atoms with van der Waals surface area (Å²) in [6.45, 7) is 3.11. The molecule has 1 aromatic rings. The quantitative estimate of drug-likeness (QED) is 0.760. The van der Waals surface area contributed by atoms with Gasteiger partial charge in [0.1, 0.15) is 0 Å². The average molecular weight is 323 g/mol. The number of carbonyl (C=O) groups excluding carboxylic acids is 1. The molecule has 0 radical (unpaired) electrons. The van der Waals surface area contributed by atoms with Gasteiger partial charge in [0.05, 0.1) is 11.5 Å². The zero-order chi connectivity index (χ0) is 16.3. The summed E-state index contributed by atoms with van der Waals surface area (Å²) >= 11 is 0.